The normalized spacial score (nSPS) is 18.5. The number of hydrogen-bond donors (Lipinski definition) is 0. The van der Waals surface area contributed by atoms with Crippen molar-refractivity contribution in [1.29, 1.82) is 0 Å². The summed E-state index contributed by atoms with van der Waals surface area (Å²) >= 11 is 0. The summed E-state index contributed by atoms with van der Waals surface area (Å²) in [5, 5.41) is 0. The van der Waals surface area contributed by atoms with Crippen molar-refractivity contribution in [2.45, 2.75) is 45.2 Å². The number of rotatable bonds is 8. The quantitative estimate of drug-likeness (QED) is 0.575. The Kier molecular flexibility index (Phi) is 6.98. The number of imide groups is 1. The summed E-state index contributed by atoms with van der Waals surface area (Å²) in [7, 11) is 1.65. The molecule has 3 heterocycles. The van der Waals surface area contributed by atoms with Gasteiger partial charge in [0.05, 0.1) is 12.8 Å². The monoisotopic (exact) mass is 450 g/mol. The van der Waals surface area contributed by atoms with Crippen molar-refractivity contribution in [2.75, 3.05) is 33.3 Å². The molecule has 1 aromatic heterocycles. The first kappa shape index (κ1) is 23.2. The lowest BCUT2D eigenvalue weighted by Crippen LogP contribution is -2.56. The molecule has 4 rings (SSSR count). The second-order valence-corrected chi connectivity index (χ2v) is 9.47. The molecule has 2 aromatic rings. The van der Waals surface area contributed by atoms with Crippen molar-refractivity contribution >= 4 is 11.9 Å². The van der Waals surface area contributed by atoms with E-state index in [0.29, 0.717) is 32.4 Å². The fraction of sp³-hybridized carbons (Fsp3) is 0.500. The fourth-order valence-corrected chi connectivity index (χ4v) is 4.94. The standard InChI is InChI=1S/C26H34N4O3/c1-20(2)18-29-24(31)26(12-16-28(17-13-26)19-22-6-4-5-14-27-22)30(25(29)32)15-11-21-7-9-23(33-3)10-8-21/h4-10,14,20H,11-13,15-19H2,1-3H3. The Morgan fingerprint density at radius 2 is 1.79 bits per heavy atom. The summed E-state index contributed by atoms with van der Waals surface area (Å²) < 4.78 is 5.25. The number of urea groups is 1. The smallest absolute Gasteiger partial charge is 0.327 e. The molecule has 2 aliphatic rings. The highest BCUT2D eigenvalue weighted by Gasteiger charge is 2.57. The van der Waals surface area contributed by atoms with Gasteiger partial charge in [0.2, 0.25) is 0 Å². The van der Waals surface area contributed by atoms with Gasteiger partial charge in [-0.3, -0.25) is 19.6 Å². The van der Waals surface area contributed by atoms with E-state index in [0.717, 1.165) is 36.6 Å². The third-order valence-electron chi connectivity index (χ3n) is 6.75. The number of pyridine rings is 1. The number of hydrogen-bond acceptors (Lipinski definition) is 5. The van der Waals surface area contributed by atoms with Crippen molar-refractivity contribution in [2.24, 2.45) is 5.92 Å². The Morgan fingerprint density at radius 1 is 1.06 bits per heavy atom. The minimum atomic E-state index is -0.737. The van der Waals surface area contributed by atoms with Crippen LogP contribution in [0.25, 0.3) is 0 Å². The molecule has 1 spiro atoms. The maximum absolute atomic E-state index is 13.6. The van der Waals surface area contributed by atoms with Gasteiger partial charge < -0.3 is 9.64 Å². The summed E-state index contributed by atoms with van der Waals surface area (Å²) in [4.78, 5) is 37.1. The molecule has 0 unspecified atom stereocenters. The van der Waals surface area contributed by atoms with Gasteiger partial charge in [0, 0.05) is 38.9 Å². The second kappa shape index (κ2) is 9.91. The van der Waals surface area contributed by atoms with E-state index in [1.165, 1.54) is 4.90 Å². The first-order valence-corrected chi connectivity index (χ1v) is 11.8. The zero-order chi connectivity index (χ0) is 23.4. The number of methoxy groups -OCH3 is 1. The van der Waals surface area contributed by atoms with Crippen LogP contribution in [0.2, 0.25) is 0 Å². The molecule has 0 saturated carbocycles. The van der Waals surface area contributed by atoms with Crippen LogP contribution in [-0.2, 0) is 17.8 Å². The Bertz CT molecular complexity index is 953. The van der Waals surface area contributed by atoms with Crippen LogP contribution < -0.4 is 4.74 Å². The minimum Gasteiger partial charge on any atom is -0.497 e. The molecule has 0 radical (unpaired) electrons. The Labute approximate surface area is 196 Å². The van der Waals surface area contributed by atoms with Crippen molar-refractivity contribution in [3.8, 4) is 5.75 Å². The van der Waals surface area contributed by atoms with Gasteiger partial charge in [-0.25, -0.2) is 4.79 Å². The fourth-order valence-electron chi connectivity index (χ4n) is 4.94. The lowest BCUT2D eigenvalue weighted by Gasteiger charge is -2.42. The zero-order valence-corrected chi connectivity index (χ0v) is 19.9. The number of aromatic nitrogens is 1. The molecule has 2 fully saturated rings. The van der Waals surface area contributed by atoms with Gasteiger partial charge in [0.25, 0.3) is 5.91 Å². The van der Waals surface area contributed by atoms with Crippen LogP contribution in [0.3, 0.4) is 0 Å². The predicted octanol–water partition coefficient (Wildman–Crippen LogP) is 3.59. The molecule has 1 aromatic carbocycles. The minimum absolute atomic E-state index is 0.0200. The van der Waals surface area contributed by atoms with E-state index in [4.69, 9.17) is 4.74 Å². The number of likely N-dealkylation sites (tertiary alicyclic amines) is 1. The van der Waals surface area contributed by atoms with Crippen LogP contribution >= 0.6 is 0 Å². The van der Waals surface area contributed by atoms with Gasteiger partial charge in [0.1, 0.15) is 11.3 Å². The van der Waals surface area contributed by atoms with Crippen LogP contribution in [0, 0.1) is 5.92 Å². The van der Waals surface area contributed by atoms with Gasteiger partial charge >= 0.3 is 6.03 Å². The first-order chi connectivity index (χ1) is 15.9. The van der Waals surface area contributed by atoms with E-state index in [1.807, 2.05) is 67.4 Å². The largest absolute Gasteiger partial charge is 0.497 e. The van der Waals surface area contributed by atoms with Crippen molar-refractivity contribution < 1.29 is 14.3 Å². The van der Waals surface area contributed by atoms with Crippen molar-refractivity contribution in [1.82, 2.24) is 19.7 Å². The third-order valence-corrected chi connectivity index (χ3v) is 6.75. The Balaban J connectivity index is 1.49. The van der Waals surface area contributed by atoms with E-state index in [1.54, 1.807) is 7.11 Å². The number of nitrogens with zero attached hydrogens (tertiary/aromatic N) is 4. The lowest BCUT2D eigenvalue weighted by molar-refractivity contribution is -0.136. The molecular formula is C26H34N4O3. The molecule has 0 atom stereocenters. The molecule has 0 aliphatic carbocycles. The number of ether oxygens (including phenoxy) is 1. The molecular weight excluding hydrogens is 416 g/mol. The van der Waals surface area contributed by atoms with Crippen LogP contribution in [0.4, 0.5) is 4.79 Å². The lowest BCUT2D eigenvalue weighted by atomic mass is 9.85. The molecule has 33 heavy (non-hydrogen) atoms. The van der Waals surface area contributed by atoms with E-state index >= 15 is 0 Å². The van der Waals surface area contributed by atoms with Crippen molar-refractivity contribution in [3.05, 3.63) is 59.9 Å². The molecule has 176 valence electrons. The van der Waals surface area contributed by atoms with Crippen LogP contribution in [-0.4, -0.2) is 70.4 Å². The van der Waals surface area contributed by atoms with Gasteiger partial charge in [-0.2, -0.15) is 0 Å². The molecule has 7 heteroatoms. The maximum Gasteiger partial charge on any atom is 0.327 e. The Morgan fingerprint density at radius 3 is 2.39 bits per heavy atom. The van der Waals surface area contributed by atoms with Crippen LogP contribution in [0.15, 0.2) is 48.7 Å². The second-order valence-electron chi connectivity index (χ2n) is 9.47. The summed E-state index contributed by atoms with van der Waals surface area (Å²) in [6, 6.07) is 13.7. The predicted molar refractivity (Wildman–Crippen MR) is 127 cm³/mol. The van der Waals surface area contributed by atoms with E-state index < -0.39 is 5.54 Å². The average Bonchev–Trinajstić information content (AvgIpc) is 3.01. The van der Waals surface area contributed by atoms with Gasteiger partial charge in [-0.1, -0.05) is 32.0 Å². The summed E-state index contributed by atoms with van der Waals surface area (Å²) in [5.74, 6) is 1.03. The zero-order valence-electron chi connectivity index (χ0n) is 19.9. The number of benzene rings is 1. The van der Waals surface area contributed by atoms with Crippen LogP contribution in [0.5, 0.6) is 5.75 Å². The first-order valence-electron chi connectivity index (χ1n) is 11.8. The highest BCUT2D eigenvalue weighted by Crippen LogP contribution is 2.38. The topological polar surface area (TPSA) is 66.0 Å². The van der Waals surface area contributed by atoms with E-state index in [9.17, 15) is 9.59 Å². The highest BCUT2D eigenvalue weighted by molar-refractivity contribution is 6.07. The Hall–Kier alpha value is -2.93. The summed E-state index contributed by atoms with van der Waals surface area (Å²) in [5.41, 5.74) is 1.42. The van der Waals surface area contributed by atoms with E-state index in [2.05, 4.69) is 9.88 Å². The van der Waals surface area contributed by atoms with Gasteiger partial charge in [0.15, 0.2) is 0 Å². The molecule has 2 aliphatic heterocycles. The number of carbonyl (C=O) groups excluding carboxylic acids is 2. The van der Waals surface area contributed by atoms with Gasteiger partial charge in [-0.05, 0) is 55.0 Å². The molecule has 0 bridgehead atoms. The van der Waals surface area contributed by atoms with E-state index in [-0.39, 0.29) is 17.9 Å². The molecule has 2 saturated heterocycles. The molecule has 7 nitrogen and oxygen atoms in total. The third kappa shape index (κ3) is 4.88. The van der Waals surface area contributed by atoms with Gasteiger partial charge in [-0.15, -0.1) is 0 Å². The maximum atomic E-state index is 13.6. The van der Waals surface area contributed by atoms with Crippen LogP contribution in [0.1, 0.15) is 37.9 Å². The SMILES string of the molecule is COc1ccc(CCN2C(=O)N(CC(C)C)C(=O)C23CCN(Cc2ccccn2)CC3)cc1. The van der Waals surface area contributed by atoms with Crippen molar-refractivity contribution in [3.63, 3.8) is 0 Å². The summed E-state index contributed by atoms with van der Waals surface area (Å²) in [6.07, 6.45) is 3.83. The molecule has 0 N–H and O–H groups in total. The number of piperidine rings is 1. The number of carbonyl (C=O) groups is 2. The average molecular weight is 451 g/mol. The highest BCUT2D eigenvalue weighted by atomic mass is 16.5. The summed E-state index contributed by atoms with van der Waals surface area (Å²) in [6.45, 7) is 7.39. The molecule has 3 amide bonds. The number of amides is 3.